The van der Waals surface area contributed by atoms with Crippen LogP contribution in [-0.2, 0) is 0 Å². The van der Waals surface area contributed by atoms with Gasteiger partial charge >= 0.3 is 0 Å². The Morgan fingerprint density at radius 3 is 1.55 bits per heavy atom. The zero-order valence-corrected chi connectivity index (χ0v) is 31.8. The van der Waals surface area contributed by atoms with Gasteiger partial charge in [-0.15, -0.1) is 0 Å². The van der Waals surface area contributed by atoms with Crippen LogP contribution in [0.2, 0.25) is 0 Å². The van der Waals surface area contributed by atoms with Gasteiger partial charge in [-0.25, -0.2) is 19.9 Å². The van der Waals surface area contributed by atoms with E-state index in [2.05, 4.69) is 67.3 Å². The molecule has 0 fully saturated rings. The van der Waals surface area contributed by atoms with Crippen molar-refractivity contribution in [2.24, 2.45) is 0 Å². The molecule has 60 heavy (non-hydrogen) atoms. The van der Waals surface area contributed by atoms with Crippen LogP contribution in [-0.4, -0.2) is 39.9 Å². The summed E-state index contributed by atoms with van der Waals surface area (Å²) in [4.78, 5) is 40.8. The number of ether oxygens (including phenoxy) is 1. The van der Waals surface area contributed by atoms with E-state index < -0.39 is 0 Å². The Morgan fingerprint density at radius 1 is 0.400 bits per heavy atom. The fourth-order valence-electron chi connectivity index (χ4n) is 7.56. The Hall–Kier alpha value is -8.50. The van der Waals surface area contributed by atoms with Crippen molar-refractivity contribution in [2.75, 3.05) is 4.90 Å². The molecule has 0 atom stereocenters. The number of benzene rings is 4. The van der Waals surface area contributed by atoms with Gasteiger partial charge in [-0.1, -0.05) is 42.5 Å². The highest BCUT2D eigenvalue weighted by Crippen LogP contribution is 2.51. The zero-order valence-electron chi connectivity index (χ0n) is 31.8. The maximum Gasteiger partial charge on any atom is 0.162 e. The van der Waals surface area contributed by atoms with E-state index >= 15 is 0 Å². The summed E-state index contributed by atoms with van der Waals surface area (Å²) < 4.78 is 6.37. The molecule has 6 aromatic heterocycles. The van der Waals surface area contributed by atoms with Crippen LogP contribution in [0, 0.1) is 0 Å². The minimum atomic E-state index is 0.538. The third kappa shape index (κ3) is 6.44. The van der Waals surface area contributed by atoms with Gasteiger partial charge in [-0.2, -0.15) is 0 Å². The molecule has 0 saturated heterocycles. The lowest BCUT2D eigenvalue weighted by molar-refractivity contribution is 0.477. The number of hydrogen-bond acceptors (Lipinski definition) is 10. The van der Waals surface area contributed by atoms with Crippen molar-refractivity contribution in [2.45, 2.75) is 0 Å². The lowest BCUT2D eigenvalue weighted by Crippen LogP contribution is -2.15. The van der Waals surface area contributed by atoms with Gasteiger partial charge in [0.15, 0.2) is 23.1 Å². The van der Waals surface area contributed by atoms with Crippen LogP contribution in [0.25, 0.3) is 78.8 Å². The van der Waals surface area contributed by atoms with E-state index in [-0.39, 0.29) is 0 Å². The lowest BCUT2D eigenvalue weighted by Gasteiger charge is -2.33. The topological polar surface area (TPSA) is 116 Å². The fourth-order valence-corrected chi connectivity index (χ4v) is 7.56. The van der Waals surface area contributed by atoms with Gasteiger partial charge in [0.2, 0.25) is 0 Å². The summed E-state index contributed by atoms with van der Waals surface area (Å²) in [6.07, 6.45) is 10.6. The van der Waals surface area contributed by atoms with Gasteiger partial charge in [0.25, 0.3) is 0 Å². The van der Waals surface area contributed by atoms with Crippen LogP contribution < -0.4 is 9.64 Å². The first kappa shape index (κ1) is 34.7. The second kappa shape index (κ2) is 14.8. The molecule has 0 unspecified atom stereocenters. The van der Waals surface area contributed by atoms with Crippen LogP contribution in [0.1, 0.15) is 0 Å². The fraction of sp³-hybridized carbons (Fsp3) is 0. The molecule has 1 aliphatic heterocycles. The second-order valence-electron chi connectivity index (χ2n) is 14.1. The Morgan fingerprint density at radius 2 is 0.967 bits per heavy atom. The number of pyridine rings is 4. The van der Waals surface area contributed by atoms with Crippen LogP contribution in [0.3, 0.4) is 0 Å². The highest BCUT2D eigenvalue weighted by atomic mass is 16.5. The SMILES string of the molecule is c1ccc(-c2cc(-c3cc(-c4cc(-c5ccccn5)nc(-c5cccnc5)n4)c4ccc(N5c6ccccc6Oc6ccccc65)cc4c3)nc(-c3cccnc3)n2)nc1. The van der Waals surface area contributed by atoms with Crippen LogP contribution >= 0.6 is 0 Å². The summed E-state index contributed by atoms with van der Waals surface area (Å²) in [7, 11) is 0. The molecule has 10 heteroatoms. The van der Waals surface area contributed by atoms with Crippen molar-refractivity contribution >= 4 is 27.8 Å². The lowest BCUT2D eigenvalue weighted by atomic mass is 9.95. The highest BCUT2D eigenvalue weighted by Gasteiger charge is 2.26. The van der Waals surface area contributed by atoms with E-state index in [9.17, 15) is 0 Å². The number of hydrogen-bond donors (Lipinski definition) is 0. The first-order valence-electron chi connectivity index (χ1n) is 19.4. The molecule has 4 aromatic carbocycles. The maximum atomic E-state index is 6.37. The van der Waals surface area contributed by atoms with Gasteiger partial charge < -0.3 is 9.64 Å². The van der Waals surface area contributed by atoms with E-state index in [4.69, 9.17) is 24.7 Å². The quantitative estimate of drug-likeness (QED) is 0.155. The average Bonchev–Trinajstić information content (AvgIpc) is 3.33. The molecular weight excluding hydrogens is 743 g/mol. The summed E-state index contributed by atoms with van der Waals surface area (Å²) in [5.41, 5.74) is 10.5. The minimum Gasteiger partial charge on any atom is -0.453 e. The van der Waals surface area contributed by atoms with Gasteiger partial charge in [0.1, 0.15) is 0 Å². The van der Waals surface area contributed by atoms with Crippen LogP contribution in [0.4, 0.5) is 17.1 Å². The Balaban J connectivity index is 1.18. The van der Waals surface area contributed by atoms with Crippen molar-refractivity contribution in [1.29, 1.82) is 0 Å². The van der Waals surface area contributed by atoms with E-state index in [0.717, 1.165) is 78.7 Å². The van der Waals surface area contributed by atoms with Gasteiger partial charge in [-0.3, -0.25) is 19.9 Å². The molecule has 1 aliphatic rings. The van der Waals surface area contributed by atoms with Gasteiger partial charge in [0.05, 0.1) is 45.5 Å². The molecule has 0 spiro atoms. The third-order valence-corrected chi connectivity index (χ3v) is 10.3. The van der Waals surface area contributed by atoms with Crippen molar-refractivity contribution in [3.8, 4) is 79.6 Å². The zero-order chi connectivity index (χ0) is 39.8. The monoisotopic (exact) mass is 773 g/mol. The number of rotatable bonds is 7. The molecule has 7 heterocycles. The Bertz CT molecular complexity index is 3030. The smallest absolute Gasteiger partial charge is 0.162 e. The summed E-state index contributed by atoms with van der Waals surface area (Å²) in [6.45, 7) is 0. The predicted molar refractivity (Wildman–Crippen MR) is 234 cm³/mol. The predicted octanol–water partition coefficient (Wildman–Crippen LogP) is 11.6. The molecule has 10 aromatic rings. The molecule has 11 rings (SSSR count). The maximum absolute atomic E-state index is 6.37. The van der Waals surface area contributed by atoms with Crippen LogP contribution in [0.15, 0.2) is 189 Å². The molecule has 0 N–H and O–H groups in total. The van der Waals surface area contributed by atoms with E-state index in [1.165, 1.54) is 0 Å². The summed E-state index contributed by atoms with van der Waals surface area (Å²) in [5.74, 6) is 2.64. The summed E-state index contributed by atoms with van der Waals surface area (Å²) >= 11 is 0. The van der Waals surface area contributed by atoms with Crippen molar-refractivity contribution in [1.82, 2.24) is 39.9 Å². The Labute approximate surface area is 344 Å². The molecule has 0 amide bonds. The molecule has 0 saturated carbocycles. The molecule has 0 aliphatic carbocycles. The number of aromatic nitrogens is 8. The molecule has 0 radical (unpaired) electrons. The number of fused-ring (bicyclic) bond motifs is 3. The highest BCUT2D eigenvalue weighted by molar-refractivity contribution is 6.02. The number of nitrogens with zero attached hydrogens (tertiary/aromatic N) is 9. The van der Waals surface area contributed by atoms with Crippen molar-refractivity contribution < 1.29 is 4.74 Å². The molecular formula is C50H31N9O. The number of anilines is 3. The number of para-hydroxylation sites is 4. The average molecular weight is 774 g/mol. The normalized spacial score (nSPS) is 11.8. The first-order valence-corrected chi connectivity index (χ1v) is 19.4. The summed E-state index contributed by atoms with van der Waals surface area (Å²) in [5, 5.41) is 1.97. The van der Waals surface area contributed by atoms with Crippen LogP contribution in [0.5, 0.6) is 11.5 Å². The largest absolute Gasteiger partial charge is 0.453 e. The molecule has 282 valence electrons. The van der Waals surface area contributed by atoms with E-state index in [1.54, 1.807) is 37.2 Å². The second-order valence-corrected chi connectivity index (χ2v) is 14.1. The van der Waals surface area contributed by atoms with Crippen molar-refractivity contribution in [3.05, 3.63) is 189 Å². The Kier molecular flexibility index (Phi) is 8.55. The van der Waals surface area contributed by atoms with Gasteiger partial charge in [0, 0.05) is 65.1 Å². The molecule has 10 nitrogen and oxygen atoms in total. The molecule has 0 bridgehead atoms. The summed E-state index contributed by atoms with van der Waals surface area (Å²) in [6, 6.07) is 50.4. The third-order valence-electron chi connectivity index (χ3n) is 10.3. The van der Waals surface area contributed by atoms with Crippen molar-refractivity contribution in [3.63, 3.8) is 0 Å². The first-order chi connectivity index (χ1) is 29.7. The standard InChI is InChI=1S/C50H31N9O/c1-3-17-47-45(15-1)59(46-16-2-4-18-48(46)60-47)36-19-20-37-34(26-36)25-35(41-28-43(39-13-5-7-23-53-39)57-49(55-41)32-11-9-21-51-30-32)27-38(37)42-29-44(40-14-6-8-24-54-40)58-50(56-42)33-12-10-22-52-31-33/h1-31H. The minimum absolute atomic E-state index is 0.538. The van der Waals surface area contributed by atoms with Gasteiger partial charge in [-0.05, 0) is 120 Å². The van der Waals surface area contributed by atoms with E-state index in [0.29, 0.717) is 28.7 Å². The van der Waals surface area contributed by atoms with E-state index in [1.807, 2.05) is 109 Å².